The van der Waals surface area contributed by atoms with Gasteiger partial charge in [0.25, 0.3) is 0 Å². The molecule has 0 heterocycles. The highest BCUT2D eigenvalue weighted by atomic mass is 32.2. The highest BCUT2D eigenvalue weighted by Gasteiger charge is 2.18. The van der Waals surface area contributed by atoms with E-state index in [9.17, 15) is 14.4 Å². The first-order chi connectivity index (χ1) is 9.93. The van der Waals surface area contributed by atoms with E-state index in [1.807, 2.05) is 6.07 Å². The Balaban J connectivity index is 2.56. The number of hydrogen-bond donors (Lipinski definition) is 2. The van der Waals surface area contributed by atoms with Gasteiger partial charge in [-0.25, -0.2) is 9.59 Å². The molecule has 0 saturated carbocycles. The second-order valence-corrected chi connectivity index (χ2v) is 5.33. The van der Waals surface area contributed by atoms with E-state index in [0.29, 0.717) is 11.3 Å². The Labute approximate surface area is 126 Å². The number of carbonyl (C=O) groups is 3. The lowest BCUT2D eigenvalue weighted by molar-refractivity contribution is -0.140. The summed E-state index contributed by atoms with van der Waals surface area (Å²) >= 11 is 1.37. The zero-order valence-electron chi connectivity index (χ0n) is 11.8. The molecule has 0 saturated heterocycles. The summed E-state index contributed by atoms with van der Waals surface area (Å²) in [7, 11) is 1.31. The van der Waals surface area contributed by atoms with E-state index in [2.05, 4.69) is 10.1 Å². The Morgan fingerprint density at radius 3 is 2.67 bits per heavy atom. The fourth-order valence-electron chi connectivity index (χ4n) is 1.62. The first kappa shape index (κ1) is 17.0. The maximum atomic E-state index is 11.4. The Kier molecular flexibility index (Phi) is 6.74. The molecule has 2 N–H and O–H groups in total. The fraction of sp³-hybridized carbons (Fsp3) is 0.357. The molecule has 1 rings (SSSR count). The first-order valence-corrected chi connectivity index (χ1v) is 7.34. The number of ether oxygens (including phenoxy) is 1. The monoisotopic (exact) mass is 311 g/mol. The molecule has 1 amide bonds. The summed E-state index contributed by atoms with van der Waals surface area (Å²) in [5, 5.41) is 11.3. The van der Waals surface area contributed by atoms with Crippen LogP contribution in [0.3, 0.4) is 0 Å². The number of esters is 1. The zero-order valence-corrected chi connectivity index (χ0v) is 12.6. The molecule has 0 aromatic heterocycles. The number of nitrogens with one attached hydrogen (secondary N) is 1. The van der Waals surface area contributed by atoms with Crippen LogP contribution < -0.4 is 5.32 Å². The highest BCUT2D eigenvalue weighted by molar-refractivity contribution is 7.98. The summed E-state index contributed by atoms with van der Waals surface area (Å²) in [6.07, 6.45) is 0. The van der Waals surface area contributed by atoms with Crippen LogP contribution in [0.4, 0.5) is 0 Å². The highest BCUT2D eigenvalue weighted by Crippen LogP contribution is 2.15. The molecule has 21 heavy (non-hydrogen) atoms. The number of carbonyl (C=O) groups excluding carboxylic acids is 2. The van der Waals surface area contributed by atoms with E-state index in [4.69, 9.17) is 5.11 Å². The minimum Gasteiger partial charge on any atom is -0.480 e. The molecule has 1 aromatic rings. The SMILES string of the molecule is COC(=O)c1cccc(CSCC(NC(C)=O)C(=O)O)c1. The number of methoxy groups -OCH3 is 1. The van der Waals surface area contributed by atoms with Gasteiger partial charge < -0.3 is 15.2 Å². The molecule has 0 aliphatic rings. The van der Waals surface area contributed by atoms with Crippen molar-refractivity contribution in [3.63, 3.8) is 0 Å². The maximum Gasteiger partial charge on any atom is 0.337 e. The summed E-state index contributed by atoms with van der Waals surface area (Å²) in [6.45, 7) is 1.28. The minimum absolute atomic E-state index is 0.247. The van der Waals surface area contributed by atoms with E-state index in [1.54, 1.807) is 18.2 Å². The topological polar surface area (TPSA) is 92.7 Å². The average Bonchev–Trinajstić information content (AvgIpc) is 2.45. The Hall–Kier alpha value is -2.02. The normalized spacial score (nSPS) is 11.5. The van der Waals surface area contributed by atoms with Crippen LogP contribution >= 0.6 is 11.8 Å². The van der Waals surface area contributed by atoms with Crippen molar-refractivity contribution in [1.29, 1.82) is 0 Å². The first-order valence-electron chi connectivity index (χ1n) is 6.19. The van der Waals surface area contributed by atoms with Crippen molar-refractivity contribution >= 4 is 29.6 Å². The quantitative estimate of drug-likeness (QED) is 0.737. The van der Waals surface area contributed by atoms with E-state index in [1.165, 1.54) is 25.8 Å². The third kappa shape index (κ3) is 5.86. The van der Waals surface area contributed by atoms with Gasteiger partial charge in [-0.15, -0.1) is 0 Å². The van der Waals surface area contributed by atoms with Crippen LogP contribution in [-0.4, -0.2) is 41.9 Å². The van der Waals surface area contributed by atoms with E-state index >= 15 is 0 Å². The van der Waals surface area contributed by atoms with Crippen LogP contribution in [0.2, 0.25) is 0 Å². The summed E-state index contributed by atoms with van der Waals surface area (Å²) in [5.74, 6) is -1.08. The molecule has 0 radical (unpaired) electrons. The second-order valence-electron chi connectivity index (χ2n) is 4.30. The number of amides is 1. The Morgan fingerprint density at radius 1 is 1.38 bits per heavy atom. The van der Waals surface area contributed by atoms with Crippen LogP contribution in [0.5, 0.6) is 0 Å². The van der Waals surface area contributed by atoms with Gasteiger partial charge in [0.15, 0.2) is 0 Å². The molecule has 0 spiro atoms. The lowest BCUT2D eigenvalue weighted by Crippen LogP contribution is -2.41. The van der Waals surface area contributed by atoms with Gasteiger partial charge in [-0.3, -0.25) is 4.79 Å². The summed E-state index contributed by atoms with van der Waals surface area (Å²) < 4.78 is 4.64. The predicted octanol–water partition coefficient (Wildman–Crippen LogP) is 1.30. The van der Waals surface area contributed by atoms with Gasteiger partial charge in [0.05, 0.1) is 12.7 Å². The number of aliphatic carboxylic acids is 1. The largest absolute Gasteiger partial charge is 0.480 e. The van der Waals surface area contributed by atoms with Gasteiger partial charge in [-0.2, -0.15) is 11.8 Å². The standard InChI is InChI=1S/C14H17NO5S/c1-9(16)15-12(13(17)18)8-21-7-10-4-3-5-11(6-10)14(19)20-2/h3-6,12H,7-8H2,1-2H3,(H,15,16)(H,17,18). The van der Waals surface area contributed by atoms with Crippen molar-refractivity contribution in [2.45, 2.75) is 18.7 Å². The van der Waals surface area contributed by atoms with Crippen molar-refractivity contribution in [3.05, 3.63) is 35.4 Å². The number of thioether (sulfide) groups is 1. The Morgan fingerprint density at radius 2 is 2.10 bits per heavy atom. The van der Waals surface area contributed by atoms with Gasteiger partial charge in [-0.1, -0.05) is 12.1 Å². The van der Waals surface area contributed by atoms with Crippen molar-refractivity contribution in [2.75, 3.05) is 12.9 Å². The van der Waals surface area contributed by atoms with E-state index in [-0.39, 0.29) is 11.7 Å². The van der Waals surface area contributed by atoms with Gasteiger partial charge in [0.1, 0.15) is 6.04 Å². The Bertz CT molecular complexity index is 532. The molecule has 1 atom stereocenters. The van der Waals surface area contributed by atoms with Gasteiger partial charge in [0.2, 0.25) is 5.91 Å². The number of benzene rings is 1. The van der Waals surface area contributed by atoms with Crippen molar-refractivity contribution in [1.82, 2.24) is 5.32 Å². The summed E-state index contributed by atoms with van der Waals surface area (Å²) in [5.41, 5.74) is 1.34. The molecule has 114 valence electrons. The van der Waals surface area contributed by atoms with Gasteiger partial charge >= 0.3 is 11.9 Å². The molecule has 0 fully saturated rings. The van der Waals surface area contributed by atoms with Crippen LogP contribution in [0.15, 0.2) is 24.3 Å². The van der Waals surface area contributed by atoms with Crippen molar-refractivity contribution in [3.8, 4) is 0 Å². The van der Waals surface area contributed by atoms with E-state index in [0.717, 1.165) is 5.56 Å². The minimum atomic E-state index is -1.07. The lowest BCUT2D eigenvalue weighted by Gasteiger charge is -2.12. The number of rotatable bonds is 7. The molecule has 6 nitrogen and oxygen atoms in total. The van der Waals surface area contributed by atoms with E-state index < -0.39 is 18.0 Å². The van der Waals surface area contributed by atoms with Crippen molar-refractivity contribution < 1.29 is 24.2 Å². The molecule has 0 aliphatic heterocycles. The van der Waals surface area contributed by atoms with Gasteiger partial charge in [0, 0.05) is 18.4 Å². The number of carboxylic acid groups (broad SMARTS) is 1. The fourth-order valence-corrected chi connectivity index (χ4v) is 2.62. The smallest absolute Gasteiger partial charge is 0.337 e. The zero-order chi connectivity index (χ0) is 15.8. The van der Waals surface area contributed by atoms with Crippen LogP contribution in [0.25, 0.3) is 0 Å². The lowest BCUT2D eigenvalue weighted by atomic mass is 10.1. The molecule has 7 heteroatoms. The predicted molar refractivity (Wildman–Crippen MR) is 79.2 cm³/mol. The molecule has 1 unspecified atom stereocenters. The molecular formula is C14H17NO5S. The van der Waals surface area contributed by atoms with Crippen LogP contribution in [-0.2, 0) is 20.1 Å². The van der Waals surface area contributed by atoms with Crippen molar-refractivity contribution in [2.24, 2.45) is 0 Å². The molecule has 0 bridgehead atoms. The molecule has 1 aromatic carbocycles. The van der Waals surface area contributed by atoms with Gasteiger partial charge in [-0.05, 0) is 17.7 Å². The molecular weight excluding hydrogens is 294 g/mol. The molecule has 0 aliphatic carbocycles. The maximum absolute atomic E-state index is 11.4. The second kappa shape index (κ2) is 8.31. The van der Waals surface area contributed by atoms with Crippen LogP contribution in [0, 0.1) is 0 Å². The average molecular weight is 311 g/mol. The summed E-state index contributed by atoms with van der Waals surface area (Å²) in [4.78, 5) is 33.3. The third-order valence-corrected chi connectivity index (χ3v) is 3.68. The summed E-state index contributed by atoms with van der Waals surface area (Å²) in [6, 6.07) is 6.01. The number of hydrogen-bond acceptors (Lipinski definition) is 5. The third-order valence-electron chi connectivity index (χ3n) is 2.58. The number of carboxylic acids is 1. The van der Waals surface area contributed by atoms with Crippen LogP contribution in [0.1, 0.15) is 22.8 Å².